The van der Waals surface area contributed by atoms with Crippen molar-refractivity contribution in [1.29, 1.82) is 0 Å². The van der Waals surface area contributed by atoms with Crippen LogP contribution in [-0.2, 0) is 22.6 Å². The molecule has 0 spiro atoms. The van der Waals surface area contributed by atoms with Gasteiger partial charge in [-0.3, -0.25) is 0 Å². The maximum atomic E-state index is 9.43. The molecule has 6 heteroatoms. The van der Waals surface area contributed by atoms with E-state index in [2.05, 4.69) is 4.75 Å². The van der Waals surface area contributed by atoms with Crippen molar-refractivity contribution in [3.05, 3.63) is 0 Å². The topological polar surface area (TPSA) is 80.4 Å². The Labute approximate surface area is 40.9 Å². The molecule has 0 amide bonds. The predicted molar refractivity (Wildman–Crippen MR) is 15.7 cm³/mol. The van der Waals surface area contributed by atoms with Crippen LogP contribution in [0.15, 0.2) is 0 Å². The molecule has 0 aromatic carbocycles. The van der Waals surface area contributed by atoms with Crippen LogP contribution in [0.2, 0.25) is 0 Å². The Morgan fingerprint density at radius 3 is 1.83 bits per heavy atom. The fraction of sp³-hybridized carbons (Fsp3) is 0. The molecule has 0 unspecified atom stereocenters. The third-order valence-electron chi connectivity index (χ3n) is 0.105. The van der Waals surface area contributed by atoms with Crippen molar-refractivity contribution >= 4 is 8.54 Å². The zero-order valence-electron chi connectivity index (χ0n) is 2.60. The third kappa shape index (κ3) is 4.39. The van der Waals surface area contributed by atoms with Crippen molar-refractivity contribution in [2.75, 3.05) is 0 Å². The molecule has 0 bridgehead atoms. The fourth-order valence-corrected chi connectivity index (χ4v) is 0. The molecule has 4 nitrogen and oxygen atoms in total. The molecule has 6 heavy (non-hydrogen) atoms. The van der Waals surface area contributed by atoms with E-state index in [4.69, 9.17) is 4.55 Å². The van der Waals surface area contributed by atoms with Crippen molar-refractivity contribution in [2.24, 2.45) is 4.75 Å². The van der Waals surface area contributed by atoms with Gasteiger partial charge in [-0.2, -0.15) is 0 Å². The van der Waals surface area contributed by atoms with E-state index in [1.165, 1.54) is 0 Å². The van der Waals surface area contributed by atoms with Crippen LogP contribution in [0.5, 0.6) is 0 Å². The van der Waals surface area contributed by atoms with E-state index in [-0.39, 0.29) is 0 Å². The van der Waals surface area contributed by atoms with E-state index in [9.17, 15) is 8.42 Å². The van der Waals surface area contributed by atoms with Crippen LogP contribution in [0.3, 0.4) is 0 Å². The van der Waals surface area contributed by atoms with Gasteiger partial charge in [-0.1, -0.05) is 0 Å². The Bertz CT molecular complexity index is 113. The molecule has 0 saturated heterocycles. The van der Waals surface area contributed by atoms with Crippen LogP contribution in [0.25, 0.3) is 0 Å². The monoisotopic (exact) mass is 153 g/mol. The summed E-state index contributed by atoms with van der Waals surface area (Å²) < 4.78 is 31.0. The molecule has 3 N–H and O–H groups in total. The number of hydrogen-bond donors (Lipinski definition) is 2. The Balaban J connectivity index is 3.85. The van der Waals surface area contributed by atoms with Gasteiger partial charge in [0, 0.05) is 0 Å². The molecular formula is H3FeNO3S. The molecule has 0 radical (unpaired) electrons. The van der Waals surface area contributed by atoms with E-state index >= 15 is 0 Å². The van der Waals surface area contributed by atoms with Crippen LogP contribution in [0, 0.1) is 0 Å². The van der Waals surface area contributed by atoms with E-state index in [1.54, 1.807) is 0 Å². The molecule has 0 saturated carbocycles. The minimum absolute atomic E-state index is 0.701. The van der Waals surface area contributed by atoms with Crippen LogP contribution in [0.4, 0.5) is 0 Å². The SMILES string of the molecule is [NH2][Fe][S](=O)(=O)O. The molecule has 0 aliphatic heterocycles. The quantitative estimate of drug-likeness (QED) is 0.364. The molecule has 0 aliphatic rings. The van der Waals surface area contributed by atoms with Gasteiger partial charge in [0.2, 0.25) is 0 Å². The van der Waals surface area contributed by atoms with Crippen LogP contribution in [0.1, 0.15) is 0 Å². The van der Waals surface area contributed by atoms with Gasteiger partial charge in [-0.15, -0.1) is 0 Å². The Kier molecular flexibility index (Phi) is 2.03. The summed E-state index contributed by atoms with van der Waals surface area (Å²) in [6, 6.07) is 0. The van der Waals surface area contributed by atoms with Gasteiger partial charge in [0.15, 0.2) is 0 Å². The summed E-state index contributed by atoms with van der Waals surface area (Å²) >= 11 is -0.701. The van der Waals surface area contributed by atoms with Crippen molar-refractivity contribution < 1.29 is 27.0 Å². The van der Waals surface area contributed by atoms with Crippen molar-refractivity contribution in [3.8, 4) is 0 Å². The second-order valence-corrected chi connectivity index (χ2v) is 3.94. The molecule has 0 aromatic heterocycles. The first-order chi connectivity index (χ1) is 2.56. The van der Waals surface area contributed by atoms with E-state index in [0.29, 0.717) is 0 Å². The zero-order chi connectivity index (χ0) is 5.21. The van der Waals surface area contributed by atoms with Crippen molar-refractivity contribution in [1.82, 2.24) is 0 Å². The summed E-state index contributed by atoms with van der Waals surface area (Å²) in [7, 11) is -3.88. The Hall–Kier alpha value is 0.389. The number of hydrogen-bond acceptors (Lipinski definition) is 3. The number of rotatable bonds is 1. The normalized spacial score (nSPS) is 12.3. The van der Waals surface area contributed by atoms with Gasteiger partial charge in [0.05, 0.1) is 0 Å². The second-order valence-electron chi connectivity index (χ2n) is 0.483. The van der Waals surface area contributed by atoms with Crippen molar-refractivity contribution in [2.45, 2.75) is 0 Å². The van der Waals surface area contributed by atoms with Gasteiger partial charge < -0.3 is 0 Å². The van der Waals surface area contributed by atoms with E-state index in [0.717, 1.165) is 0 Å². The van der Waals surface area contributed by atoms with Gasteiger partial charge >= 0.3 is 40.3 Å². The second kappa shape index (κ2) is 1.90. The molecular weight excluding hydrogens is 150 g/mol. The van der Waals surface area contributed by atoms with Gasteiger partial charge in [-0.05, 0) is 0 Å². The standard InChI is InChI=1S/Fe.H2N.HO3S/c;;1-4(2)3/h;1H2;(H,1,2,3)/q+1;-1;. The first-order valence-electron chi connectivity index (χ1n) is 0.864. The average Bonchev–Trinajstić information content (AvgIpc) is 1.35. The van der Waals surface area contributed by atoms with Crippen LogP contribution < -0.4 is 4.75 Å². The van der Waals surface area contributed by atoms with Crippen LogP contribution >= 0.6 is 0 Å². The molecule has 0 rings (SSSR count). The van der Waals surface area contributed by atoms with Gasteiger partial charge in [-0.25, -0.2) is 0 Å². The fourth-order valence-electron chi connectivity index (χ4n) is 0. The van der Waals surface area contributed by atoms with E-state index < -0.39 is 22.6 Å². The van der Waals surface area contributed by atoms with Gasteiger partial charge in [0.1, 0.15) is 0 Å². The summed E-state index contributed by atoms with van der Waals surface area (Å²) in [6.07, 6.45) is 0. The average molecular weight is 153 g/mol. The molecule has 0 fully saturated rings. The molecule has 40 valence electrons. The Morgan fingerprint density at radius 1 is 1.67 bits per heavy atom. The summed E-state index contributed by atoms with van der Waals surface area (Å²) in [4.78, 5) is 0. The van der Waals surface area contributed by atoms with Gasteiger partial charge in [0.25, 0.3) is 0 Å². The molecule has 0 atom stereocenters. The summed E-state index contributed by atoms with van der Waals surface area (Å²) in [6.45, 7) is 0. The van der Waals surface area contributed by atoms with Crippen molar-refractivity contribution in [3.63, 3.8) is 0 Å². The summed E-state index contributed by atoms with van der Waals surface area (Å²) in [5, 5.41) is 0. The number of nitrogens with two attached hydrogens (primary N) is 1. The first kappa shape index (κ1) is 6.39. The molecule has 0 aliphatic carbocycles. The van der Waals surface area contributed by atoms with E-state index in [1.807, 2.05) is 0 Å². The summed E-state index contributed by atoms with van der Waals surface area (Å²) in [5.74, 6) is 0. The minimum atomic E-state index is -3.88. The molecule has 0 aromatic rings. The summed E-state index contributed by atoms with van der Waals surface area (Å²) in [5.41, 5.74) is 0. The van der Waals surface area contributed by atoms with Crippen LogP contribution in [-0.4, -0.2) is 13.0 Å². The first-order valence-corrected chi connectivity index (χ1v) is 4.17. The Morgan fingerprint density at radius 2 is 1.83 bits per heavy atom. The molecule has 0 heterocycles. The predicted octanol–water partition coefficient (Wildman–Crippen LogP) is -1.25. The maximum absolute atomic E-state index is 9.43. The third-order valence-corrected chi connectivity index (χ3v) is 1.30. The zero-order valence-corrected chi connectivity index (χ0v) is 4.52.